The highest BCUT2D eigenvalue weighted by Gasteiger charge is 2.28. The minimum absolute atomic E-state index is 0.135. The van der Waals surface area contributed by atoms with Crippen molar-refractivity contribution in [1.29, 1.82) is 0 Å². The average molecular weight is 338 g/mol. The summed E-state index contributed by atoms with van der Waals surface area (Å²) in [5, 5.41) is 12.6. The quantitative estimate of drug-likeness (QED) is 0.793. The molecule has 4 rings (SSSR count). The van der Waals surface area contributed by atoms with Crippen LogP contribution >= 0.6 is 0 Å². The lowest BCUT2D eigenvalue weighted by Gasteiger charge is -2.09. The number of fused-ring (bicyclic) bond motifs is 1. The van der Waals surface area contributed by atoms with Crippen molar-refractivity contribution in [3.05, 3.63) is 34.9 Å². The lowest BCUT2D eigenvalue weighted by atomic mass is 10.1. The molecule has 3 aromatic heterocycles. The molecule has 7 nitrogen and oxygen atoms in total. The zero-order valence-corrected chi connectivity index (χ0v) is 15.0. The molecular weight excluding hydrogens is 316 g/mol. The van der Waals surface area contributed by atoms with Crippen molar-refractivity contribution in [1.82, 2.24) is 24.5 Å². The first kappa shape index (κ1) is 15.8. The molecule has 0 atom stereocenters. The molecule has 0 radical (unpaired) electrons. The number of pyridine rings is 1. The van der Waals surface area contributed by atoms with Crippen LogP contribution in [0.15, 0.2) is 12.3 Å². The molecule has 7 heteroatoms. The van der Waals surface area contributed by atoms with Crippen LogP contribution in [-0.2, 0) is 13.6 Å². The van der Waals surface area contributed by atoms with Crippen LogP contribution in [0.5, 0.6) is 0 Å². The first-order valence-electron chi connectivity index (χ1n) is 8.67. The van der Waals surface area contributed by atoms with Gasteiger partial charge in [0.15, 0.2) is 5.65 Å². The third kappa shape index (κ3) is 2.59. The Morgan fingerprint density at radius 3 is 2.76 bits per heavy atom. The predicted molar refractivity (Wildman–Crippen MR) is 95.8 cm³/mol. The number of anilines is 1. The second kappa shape index (κ2) is 5.68. The Bertz CT molecular complexity index is 979. The van der Waals surface area contributed by atoms with Gasteiger partial charge in [-0.2, -0.15) is 10.2 Å². The van der Waals surface area contributed by atoms with Crippen LogP contribution in [0.3, 0.4) is 0 Å². The van der Waals surface area contributed by atoms with Crippen molar-refractivity contribution in [2.75, 3.05) is 5.32 Å². The van der Waals surface area contributed by atoms with Gasteiger partial charge in [0.25, 0.3) is 5.91 Å². The first-order valence-corrected chi connectivity index (χ1v) is 8.67. The Labute approximate surface area is 146 Å². The normalized spacial score (nSPS) is 14.2. The van der Waals surface area contributed by atoms with E-state index >= 15 is 0 Å². The van der Waals surface area contributed by atoms with Gasteiger partial charge in [-0.05, 0) is 39.7 Å². The number of amides is 1. The highest BCUT2D eigenvalue weighted by molar-refractivity contribution is 6.12. The molecule has 1 aliphatic rings. The Morgan fingerprint density at radius 1 is 1.36 bits per heavy atom. The van der Waals surface area contributed by atoms with Crippen LogP contribution in [0, 0.1) is 13.8 Å². The highest BCUT2D eigenvalue weighted by Crippen LogP contribution is 2.40. The highest BCUT2D eigenvalue weighted by atomic mass is 16.1. The summed E-state index contributed by atoms with van der Waals surface area (Å²) < 4.78 is 3.62. The molecule has 1 amide bonds. The fraction of sp³-hybridized carbons (Fsp3) is 0.444. The van der Waals surface area contributed by atoms with Crippen molar-refractivity contribution in [2.45, 2.75) is 46.1 Å². The summed E-state index contributed by atoms with van der Waals surface area (Å²) in [5.74, 6) is 0.333. The van der Waals surface area contributed by atoms with E-state index in [4.69, 9.17) is 4.98 Å². The maximum absolute atomic E-state index is 13.0. The molecule has 0 unspecified atom stereocenters. The zero-order chi connectivity index (χ0) is 17.7. The first-order chi connectivity index (χ1) is 12.0. The lowest BCUT2D eigenvalue weighted by molar-refractivity contribution is 0.102. The van der Waals surface area contributed by atoms with Crippen molar-refractivity contribution in [2.24, 2.45) is 7.05 Å². The number of hydrogen-bond donors (Lipinski definition) is 1. The summed E-state index contributed by atoms with van der Waals surface area (Å²) in [7, 11) is 1.87. The Morgan fingerprint density at radius 2 is 2.12 bits per heavy atom. The molecule has 130 valence electrons. The van der Waals surface area contributed by atoms with Crippen molar-refractivity contribution >= 4 is 22.6 Å². The van der Waals surface area contributed by atoms with Gasteiger partial charge in [-0.1, -0.05) is 0 Å². The number of nitrogens with one attached hydrogen (secondary N) is 1. The number of carbonyl (C=O) groups excluding carboxylic acids is 1. The largest absolute Gasteiger partial charge is 0.319 e. The van der Waals surface area contributed by atoms with Crippen LogP contribution in [-0.4, -0.2) is 30.5 Å². The summed E-state index contributed by atoms with van der Waals surface area (Å²) in [6.45, 7) is 6.67. The molecule has 3 aromatic rings. The van der Waals surface area contributed by atoms with Crippen molar-refractivity contribution in [3.63, 3.8) is 0 Å². The zero-order valence-electron chi connectivity index (χ0n) is 15.0. The summed E-state index contributed by atoms with van der Waals surface area (Å²) in [4.78, 5) is 17.8. The van der Waals surface area contributed by atoms with Crippen LogP contribution in [0.25, 0.3) is 11.0 Å². The molecular formula is C18H22N6O. The van der Waals surface area contributed by atoms with Crippen LogP contribution in [0.2, 0.25) is 0 Å². The Kier molecular flexibility index (Phi) is 3.59. The predicted octanol–water partition coefficient (Wildman–Crippen LogP) is 2.93. The van der Waals surface area contributed by atoms with Gasteiger partial charge in [0.1, 0.15) is 0 Å². The van der Waals surface area contributed by atoms with Gasteiger partial charge < -0.3 is 5.32 Å². The van der Waals surface area contributed by atoms with Gasteiger partial charge in [0.05, 0.1) is 34.2 Å². The molecule has 0 aliphatic heterocycles. The van der Waals surface area contributed by atoms with Crippen LogP contribution in [0.4, 0.5) is 5.69 Å². The second-order valence-corrected chi connectivity index (χ2v) is 6.69. The van der Waals surface area contributed by atoms with E-state index in [1.807, 2.05) is 38.6 Å². The molecule has 25 heavy (non-hydrogen) atoms. The van der Waals surface area contributed by atoms with E-state index in [9.17, 15) is 4.79 Å². The number of aryl methyl sites for hydroxylation is 3. The fourth-order valence-electron chi connectivity index (χ4n) is 3.31. The van der Waals surface area contributed by atoms with Gasteiger partial charge in [0, 0.05) is 25.2 Å². The number of aromatic nitrogens is 5. The number of hydrogen-bond acceptors (Lipinski definition) is 4. The Balaban J connectivity index is 1.78. The molecule has 1 fully saturated rings. The monoisotopic (exact) mass is 338 g/mol. The maximum Gasteiger partial charge on any atom is 0.256 e. The minimum Gasteiger partial charge on any atom is -0.319 e. The average Bonchev–Trinajstić information content (AvgIpc) is 3.33. The molecule has 1 aliphatic carbocycles. The van der Waals surface area contributed by atoms with Gasteiger partial charge in [-0.25, -0.2) is 4.98 Å². The van der Waals surface area contributed by atoms with Crippen molar-refractivity contribution in [3.8, 4) is 0 Å². The number of carbonyl (C=O) groups is 1. The maximum atomic E-state index is 13.0. The standard InChI is InChI=1S/C18H22N6O/c1-5-24-11(3)15(9-19-24)21-18(25)13-8-14(12-6-7-12)20-17-16(13)10(2)22-23(17)4/h8-9,12H,5-7H2,1-4H3,(H,21,25). The van der Waals surface area contributed by atoms with Crippen LogP contribution in [0.1, 0.15) is 53.1 Å². The lowest BCUT2D eigenvalue weighted by Crippen LogP contribution is -2.14. The molecule has 1 saturated carbocycles. The van der Waals surface area contributed by atoms with Gasteiger partial charge in [-0.15, -0.1) is 0 Å². The minimum atomic E-state index is -0.135. The third-order valence-corrected chi connectivity index (χ3v) is 4.88. The van der Waals surface area contributed by atoms with E-state index in [0.717, 1.165) is 53.2 Å². The van der Waals surface area contributed by atoms with Gasteiger partial charge >= 0.3 is 0 Å². The number of nitrogens with zero attached hydrogens (tertiary/aromatic N) is 5. The molecule has 3 heterocycles. The summed E-state index contributed by atoms with van der Waals surface area (Å²) >= 11 is 0. The third-order valence-electron chi connectivity index (χ3n) is 4.88. The molecule has 0 aromatic carbocycles. The van der Waals surface area contributed by atoms with Gasteiger partial charge in [-0.3, -0.25) is 14.2 Å². The van der Waals surface area contributed by atoms with E-state index < -0.39 is 0 Å². The van der Waals surface area contributed by atoms with Crippen molar-refractivity contribution < 1.29 is 4.79 Å². The fourth-order valence-corrected chi connectivity index (χ4v) is 3.31. The van der Waals surface area contributed by atoms with E-state index in [1.54, 1.807) is 10.9 Å². The molecule has 0 spiro atoms. The molecule has 0 bridgehead atoms. The number of rotatable bonds is 4. The second-order valence-electron chi connectivity index (χ2n) is 6.69. The SMILES string of the molecule is CCn1ncc(NC(=O)c2cc(C3CC3)nc3c2c(C)nn3C)c1C. The molecule has 0 saturated heterocycles. The summed E-state index contributed by atoms with van der Waals surface area (Å²) in [6.07, 6.45) is 3.98. The Hall–Kier alpha value is -2.70. The summed E-state index contributed by atoms with van der Waals surface area (Å²) in [5.41, 5.74) is 4.91. The topological polar surface area (TPSA) is 77.6 Å². The van der Waals surface area contributed by atoms with E-state index in [2.05, 4.69) is 15.5 Å². The van der Waals surface area contributed by atoms with E-state index in [1.165, 1.54) is 0 Å². The molecule has 1 N–H and O–H groups in total. The van der Waals surface area contributed by atoms with E-state index in [-0.39, 0.29) is 5.91 Å². The van der Waals surface area contributed by atoms with Crippen LogP contribution < -0.4 is 5.32 Å². The summed E-state index contributed by atoms with van der Waals surface area (Å²) in [6, 6.07) is 1.93. The van der Waals surface area contributed by atoms with Gasteiger partial charge in [0.2, 0.25) is 0 Å². The van der Waals surface area contributed by atoms with E-state index in [0.29, 0.717) is 11.5 Å². The smallest absolute Gasteiger partial charge is 0.256 e.